The van der Waals surface area contributed by atoms with Crippen molar-refractivity contribution in [2.75, 3.05) is 23.9 Å². The molecule has 1 fully saturated rings. The molecule has 0 unspecified atom stereocenters. The van der Waals surface area contributed by atoms with Crippen molar-refractivity contribution in [1.29, 1.82) is 0 Å². The van der Waals surface area contributed by atoms with Gasteiger partial charge >= 0.3 is 6.03 Å². The van der Waals surface area contributed by atoms with Crippen LogP contribution in [0.4, 0.5) is 10.5 Å². The first-order chi connectivity index (χ1) is 10.7. The number of rotatable bonds is 6. The summed E-state index contributed by atoms with van der Waals surface area (Å²) in [6, 6.07) is 8.14. The molecule has 0 aromatic heterocycles. The Bertz CT molecular complexity index is 456. The van der Waals surface area contributed by atoms with Crippen LogP contribution in [0, 0.1) is 5.92 Å². The Hall–Kier alpha value is -1.20. The summed E-state index contributed by atoms with van der Waals surface area (Å²) in [7, 11) is 0. The highest BCUT2D eigenvalue weighted by Gasteiger charge is 2.21. The zero-order valence-electron chi connectivity index (χ0n) is 13.2. The fourth-order valence-electron chi connectivity index (χ4n) is 2.82. The van der Waals surface area contributed by atoms with Crippen molar-refractivity contribution in [1.82, 2.24) is 5.32 Å². The molecule has 1 saturated carbocycles. The largest absolute Gasteiger partial charge is 0.396 e. The number of hydrogen-bond donors (Lipinski definition) is 3. The highest BCUT2D eigenvalue weighted by atomic mass is 32.2. The highest BCUT2D eigenvalue weighted by molar-refractivity contribution is 7.98. The number of aryl methyl sites for hydroxylation is 1. The molecule has 0 saturated heterocycles. The molecule has 22 heavy (non-hydrogen) atoms. The Morgan fingerprint density at radius 3 is 2.50 bits per heavy atom. The van der Waals surface area contributed by atoms with Gasteiger partial charge in [-0.1, -0.05) is 12.1 Å². The van der Waals surface area contributed by atoms with Crippen LogP contribution in [-0.2, 0) is 6.42 Å². The second-order valence-electron chi connectivity index (χ2n) is 5.94. The molecule has 4 nitrogen and oxygen atoms in total. The first-order valence-electron chi connectivity index (χ1n) is 7.97. The SMILES string of the molecule is CSCCc1ccc(NC(=O)NC2CCC(CO)CC2)cc1. The van der Waals surface area contributed by atoms with Crippen molar-refractivity contribution in [3.8, 4) is 0 Å². The topological polar surface area (TPSA) is 61.4 Å². The predicted octanol–water partition coefficient (Wildman–Crippen LogP) is 3.26. The van der Waals surface area contributed by atoms with E-state index in [1.807, 2.05) is 23.9 Å². The number of thioether (sulfide) groups is 1. The molecular weight excluding hydrogens is 296 g/mol. The molecule has 0 atom stereocenters. The number of carbonyl (C=O) groups excluding carboxylic acids is 1. The maximum Gasteiger partial charge on any atom is 0.319 e. The van der Waals surface area contributed by atoms with E-state index in [1.54, 1.807) is 0 Å². The number of amides is 2. The molecule has 1 aromatic rings. The Morgan fingerprint density at radius 1 is 1.23 bits per heavy atom. The van der Waals surface area contributed by atoms with Crippen molar-refractivity contribution in [3.05, 3.63) is 29.8 Å². The zero-order valence-corrected chi connectivity index (χ0v) is 14.0. The lowest BCUT2D eigenvalue weighted by molar-refractivity contribution is 0.176. The third-order valence-corrected chi connectivity index (χ3v) is 4.86. The molecule has 0 aliphatic heterocycles. The van der Waals surface area contributed by atoms with Gasteiger partial charge in [-0.2, -0.15) is 11.8 Å². The quantitative estimate of drug-likeness (QED) is 0.753. The lowest BCUT2D eigenvalue weighted by Gasteiger charge is -2.27. The maximum atomic E-state index is 12.0. The van der Waals surface area contributed by atoms with Crippen molar-refractivity contribution in [2.24, 2.45) is 5.92 Å². The normalized spacial score (nSPS) is 21.4. The third kappa shape index (κ3) is 5.54. The highest BCUT2D eigenvalue weighted by Crippen LogP contribution is 2.23. The van der Waals surface area contributed by atoms with Gasteiger partial charge < -0.3 is 15.7 Å². The molecule has 3 N–H and O–H groups in total. The van der Waals surface area contributed by atoms with Gasteiger partial charge in [-0.25, -0.2) is 4.79 Å². The van der Waals surface area contributed by atoms with Crippen LogP contribution in [0.5, 0.6) is 0 Å². The summed E-state index contributed by atoms with van der Waals surface area (Å²) in [5, 5.41) is 15.0. The second-order valence-corrected chi connectivity index (χ2v) is 6.92. The molecule has 5 heteroatoms. The molecule has 2 amide bonds. The molecule has 0 heterocycles. The minimum Gasteiger partial charge on any atom is -0.396 e. The zero-order chi connectivity index (χ0) is 15.8. The average Bonchev–Trinajstić information content (AvgIpc) is 2.55. The van der Waals surface area contributed by atoms with E-state index in [2.05, 4.69) is 29.0 Å². The number of nitrogens with one attached hydrogen (secondary N) is 2. The smallest absolute Gasteiger partial charge is 0.319 e. The summed E-state index contributed by atoms with van der Waals surface area (Å²) in [4.78, 5) is 12.0. The summed E-state index contributed by atoms with van der Waals surface area (Å²) >= 11 is 1.84. The third-order valence-electron chi connectivity index (χ3n) is 4.25. The van der Waals surface area contributed by atoms with E-state index < -0.39 is 0 Å². The predicted molar refractivity (Wildman–Crippen MR) is 93.5 cm³/mol. The summed E-state index contributed by atoms with van der Waals surface area (Å²) in [6.07, 6.45) is 7.05. The van der Waals surface area contributed by atoms with E-state index in [0.29, 0.717) is 5.92 Å². The molecule has 1 aromatic carbocycles. The molecule has 1 aliphatic rings. The lowest BCUT2D eigenvalue weighted by atomic mass is 9.87. The van der Waals surface area contributed by atoms with Gasteiger partial charge in [0.05, 0.1) is 0 Å². The number of aliphatic hydroxyl groups excluding tert-OH is 1. The number of aliphatic hydroxyl groups is 1. The van der Waals surface area contributed by atoms with Gasteiger partial charge in [0.2, 0.25) is 0 Å². The molecule has 2 rings (SSSR count). The van der Waals surface area contributed by atoms with Gasteiger partial charge in [-0.3, -0.25) is 0 Å². The fourth-order valence-corrected chi connectivity index (χ4v) is 3.26. The number of urea groups is 1. The molecule has 0 radical (unpaired) electrons. The van der Waals surface area contributed by atoms with Crippen LogP contribution < -0.4 is 10.6 Å². The van der Waals surface area contributed by atoms with E-state index in [-0.39, 0.29) is 18.7 Å². The van der Waals surface area contributed by atoms with Crippen LogP contribution in [-0.4, -0.2) is 35.8 Å². The average molecular weight is 322 g/mol. The van der Waals surface area contributed by atoms with Gasteiger partial charge in [0.15, 0.2) is 0 Å². The van der Waals surface area contributed by atoms with E-state index in [9.17, 15) is 4.79 Å². The van der Waals surface area contributed by atoms with Crippen molar-refractivity contribution in [3.63, 3.8) is 0 Å². The van der Waals surface area contributed by atoms with Crippen LogP contribution in [0.15, 0.2) is 24.3 Å². The van der Waals surface area contributed by atoms with Crippen molar-refractivity contribution >= 4 is 23.5 Å². The van der Waals surface area contributed by atoms with E-state index in [0.717, 1.165) is 43.5 Å². The Kier molecular flexibility index (Phi) is 7.06. The molecule has 1 aliphatic carbocycles. The molecule has 0 bridgehead atoms. The van der Waals surface area contributed by atoms with Crippen LogP contribution in [0.2, 0.25) is 0 Å². The van der Waals surface area contributed by atoms with Crippen LogP contribution in [0.3, 0.4) is 0 Å². The van der Waals surface area contributed by atoms with Crippen molar-refractivity contribution < 1.29 is 9.90 Å². The lowest BCUT2D eigenvalue weighted by Crippen LogP contribution is -2.40. The Balaban J connectivity index is 1.75. The van der Waals surface area contributed by atoms with Crippen molar-refractivity contribution in [2.45, 2.75) is 38.1 Å². The van der Waals surface area contributed by atoms with Gasteiger partial charge in [-0.05, 0) is 67.7 Å². The second kappa shape index (κ2) is 9.06. The monoisotopic (exact) mass is 322 g/mol. The van der Waals surface area contributed by atoms with Crippen LogP contribution in [0.1, 0.15) is 31.2 Å². The summed E-state index contributed by atoms with van der Waals surface area (Å²) < 4.78 is 0. The number of anilines is 1. The molecule has 122 valence electrons. The van der Waals surface area contributed by atoms with Crippen LogP contribution in [0.25, 0.3) is 0 Å². The molecular formula is C17H26N2O2S. The Labute approximate surface area is 137 Å². The van der Waals surface area contributed by atoms with E-state index in [1.165, 1.54) is 5.56 Å². The van der Waals surface area contributed by atoms with Gasteiger partial charge in [-0.15, -0.1) is 0 Å². The minimum absolute atomic E-state index is 0.135. The summed E-state index contributed by atoms with van der Waals surface area (Å²) in [5.41, 5.74) is 2.12. The first kappa shape index (κ1) is 17.2. The summed E-state index contributed by atoms with van der Waals surface area (Å²) in [5.74, 6) is 1.53. The number of benzene rings is 1. The van der Waals surface area contributed by atoms with E-state index in [4.69, 9.17) is 5.11 Å². The maximum absolute atomic E-state index is 12.0. The van der Waals surface area contributed by atoms with Gasteiger partial charge in [0.25, 0.3) is 0 Å². The van der Waals surface area contributed by atoms with Crippen LogP contribution >= 0.6 is 11.8 Å². The van der Waals surface area contributed by atoms with Gasteiger partial charge in [0.1, 0.15) is 0 Å². The van der Waals surface area contributed by atoms with Gasteiger partial charge in [0, 0.05) is 18.3 Å². The first-order valence-corrected chi connectivity index (χ1v) is 9.37. The molecule has 0 spiro atoms. The summed E-state index contributed by atoms with van der Waals surface area (Å²) in [6.45, 7) is 0.266. The number of hydrogen-bond acceptors (Lipinski definition) is 3. The van der Waals surface area contributed by atoms with E-state index >= 15 is 0 Å². The Morgan fingerprint density at radius 2 is 1.91 bits per heavy atom. The standard InChI is InChI=1S/C17H26N2O2S/c1-22-11-10-13-2-6-15(7-3-13)18-17(21)19-16-8-4-14(12-20)5-9-16/h2-3,6-7,14,16,20H,4-5,8-12H2,1H3,(H2,18,19,21). The minimum atomic E-state index is -0.135. The fraction of sp³-hybridized carbons (Fsp3) is 0.588. The number of carbonyl (C=O) groups is 1.